The Morgan fingerprint density at radius 2 is 1.75 bits per heavy atom. The predicted molar refractivity (Wildman–Crippen MR) is 151 cm³/mol. The number of alkyl halides is 3. The van der Waals surface area contributed by atoms with Crippen molar-refractivity contribution in [2.24, 2.45) is 17.1 Å². The molecule has 1 heterocycles. The van der Waals surface area contributed by atoms with Gasteiger partial charge in [0.15, 0.2) is 9.84 Å². The number of nitrogens with two attached hydrogens (primary N) is 1. The van der Waals surface area contributed by atoms with Crippen molar-refractivity contribution in [1.29, 1.82) is 0 Å². The summed E-state index contributed by atoms with van der Waals surface area (Å²) in [4.78, 5) is 2.25. The molecule has 2 saturated carbocycles. The lowest BCUT2D eigenvalue weighted by Crippen LogP contribution is -2.56. The molecule has 8 heteroatoms. The minimum Gasteiger partial charge on any atom is -0.370 e. The van der Waals surface area contributed by atoms with Gasteiger partial charge < -0.3 is 10.6 Å². The molecule has 2 atom stereocenters. The summed E-state index contributed by atoms with van der Waals surface area (Å²) < 4.78 is 69.6. The molecule has 3 fully saturated rings. The first kappa shape index (κ1) is 27.8. The van der Waals surface area contributed by atoms with Crippen LogP contribution in [0.4, 0.5) is 13.2 Å². The summed E-state index contributed by atoms with van der Waals surface area (Å²) >= 11 is 0. The fourth-order valence-electron chi connectivity index (χ4n) is 8.26. The normalized spacial score (nSPS) is 31.8. The average molecular weight is 573 g/mol. The van der Waals surface area contributed by atoms with Crippen molar-refractivity contribution in [3.05, 3.63) is 83.1 Å². The molecule has 2 N–H and O–H groups in total. The third kappa shape index (κ3) is 4.07. The molecular weight excluding hydrogens is 533 g/mol. The van der Waals surface area contributed by atoms with E-state index in [1.165, 1.54) is 19.9 Å². The van der Waals surface area contributed by atoms with Crippen molar-refractivity contribution >= 4 is 9.84 Å². The van der Waals surface area contributed by atoms with Crippen LogP contribution in [0, 0.1) is 11.3 Å². The van der Waals surface area contributed by atoms with Crippen molar-refractivity contribution in [3.63, 3.8) is 0 Å². The van der Waals surface area contributed by atoms with Crippen LogP contribution in [0.3, 0.4) is 0 Å². The minimum absolute atomic E-state index is 0.107. The standard InChI is InChI=1S/C32H39F3N2O2S/c1-21(24-16-30(17-24)18-26(36)19-30)37-14-13-31(40(38,39)20-22-7-5-4-6-8-22)27-11-10-25(29(2,3)32(33,34)35)15-23(27)9-12-28(31)37/h4-8,10-11,15,24,26,28H,1,9,12-14,16-20,36H2,2-3H3. The average Bonchev–Trinajstić information content (AvgIpc) is 3.26. The first-order chi connectivity index (χ1) is 18.7. The number of allylic oxidation sites excluding steroid dienone is 1. The molecule has 3 aliphatic carbocycles. The van der Waals surface area contributed by atoms with Crippen LogP contribution in [-0.4, -0.2) is 38.1 Å². The fraction of sp³-hybridized carbons (Fsp3) is 0.562. The van der Waals surface area contributed by atoms with E-state index in [1.807, 2.05) is 30.3 Å². The van der Waals surface area contributed by atoms with Crippen molar-refractivity contribution in [2.45, 2.75) is 93.0 Å². The Bertz CT molecular complexity index is 1420. The number of likely N-dealkylation sites (tertiary alicyclic amines) is 1. The van der Waals surface area contributed by atoms with Crippen molar-refractivity contribution < 1.29 is 21.6 Å². The molecule has 40 heavy (non-hydrogen) atoms. The highest BCUT2D eigenvalue weighted by Crippen LogP contribution is 2.62. The summed E-state index contributed by atoms with van der Waals surface area (Å²) in [6.07, 6.45) is 1.32. The molecule has 216 valence electrons. The molecule has 2 aromatic carbocycles. The molecule has 1 spiro atoms. The van der Waals surface area contributed by atoms with Crippen LogP contribution in [0.15, 0.2) is 60.8 Å². The van der Waals surface area contributed by atoms with Crippen LogP contribution in [-0.2, 0) is 32.2 Å². The van der Waals surface area contributed by atoms with E-state index >= 15 is 0 Å². The first-order valence-corrected chi connectivity index (χ1v) is 16.0. The molecule has 4 nitrogen and oxygen atoms in total. The lowest BCUT2D eigenvalue weighted by Gasteiger charge is -2.58. The van der Waals surface area contributed by atoms with Gasteiger partial charge in [-0.05, 0) is 92.4 Å². The molecule has 1 saturated heterocycles. The Balaban J connectivity index is 1.38. The summed E-state index contributed by atoms with van der Waals surface area (Å²) in [7, 11) is -3.75. The van der Waals surface area contributed by atoms with E-state index in [2.05, 4.69) is 11.5 Å². The lowest BCUT2D eigenvalue weighted by atomic mass is 9.49. The largest absolute Gasteiger partial charge is 0.397 e. The maximum absolute atomic E-state index is 14.5. The molecular formula is C32H39F3N2O2S. The summed E-state index contributed by atoms with van der Waals surface area (Å²) in [6, 6.07) is 14.0. The SMILES string of the molecule is C=C(C1CC2(CC(N)C2)C1)N1CCC2(S(=O)(=O)Cc3ccccc3)c3ccc(C(C)(C)C(F)(F)F)cc3CCC12. The monoisotopic (exact) mass is 572 g/mol. The number of rotatable bonds is 6. The van der Waals surface area contributed by atoms with E-state index in [0.717, 1.165) is 42.5 Å². The molecule has 0 bridgehead atoms. The van der Waals surface area contributed by atoms with E-state index in [-0.39, 0.29) is 17.4 Å². The van der Waals surface area contributed by atoms with Crippen LogP contribution in [0.25, 0.3) is 0 Å². The van der Waals surface area contributed by atoms with Gasteiger partial charge in [0.05, 0.1) is 17.2 Å². The fourth-order valence-corrected chi connectivity index (χ4v) is 10.7. The van der Waals surface area contributed by atoms with E-state index in [4.69, 9.17) is 5.73 Å². The van der Waals surface area contributed by atoms with Gasteiger partial charge in [-0.3, -0.25) is 0 Å². The number of aryl methyl sites for hydroxylation is 1. The minimum atomic E-state index is -4.41. The number of benzene rings is 2. The Morgan fingerprint density at radius 1 is 1.07 bits per heavy atom. The molecule has 2 unspecified atom stereocenters. The first-order valence-electron chi connectivity index (χ1n) is 14.4. The third-order valence-corrected chi connectivity index (χ3v) is 13.2. The Kier molecular flexibility index (Phi) is 6.32. The molecule has 0 amide bonds. The molecule has 0 radical (unpaired) electrons. The van der Waals surface area contributed by atoms with Gasteiger partial charge in [-0.1, -0.05) is 55.1 Å². The van der Waals surface area contributed by atoms with Gasteiger partial charge >= 0.3 is 6.18 Å². The van der Waals surface area contributed by atoms with E-state index < -0.39 is 26.2 Å². The topological polar surface area (TPSA) is 63.4 Å². The van der Waals surface area contributed by atoms with Crippen LogP contribution in [0.5, 0.6) is 0 Å². The molecule has 0 aromatic heterocycles. The van der Waals surface area contributed by atoms with Crippen molar-refractivity contribution in [3.8, 4) is 0 Å². The molecule has 6 rings (SSSR count). The van der Waals surface area contributed by atoms with Crippen molar-refractivity contribution in [2.75, 3.05) is 6.54 Å². The summed E-state index contributed by atoms with van der Waals surface area (Å²) in [5, 5.41) is 0. The summed E-state index contributed by atoms with van der Waals surface area (Å²) in [6.45, 7) is 7.44. The Hall–Kier alpha value is -2.32. The lowest BCUT2D eigenvalue weighted by molar-refractivity contribution is -0.180. The number of sulfone groups is 1. The highest BCUT2D eigenvalue weighted by atomic mass is 32.2. The summed E-state index contributed by atoms with van der Waals surface area (Å²) in [5.41, 5.74) is 7.68. The Labute approximate surface area is 235 Å². The van der Waals surface area contributed by atoms with Crippen LogP contribution in [0.2, 0.25) is 0 Å². The highest BCUT2D eigenvalue weighted by Gasteiger charge is 2.61. The number of halogens is 3. The number of nitrogens with zero attached hydrogens (tertiary/aromatic N) is 1. The van der Waals surface area contributed by atoms with Gasteiger partial charge in [0, 0.05) is 18.3 Å². The van der Waals surface area contributed by atoms with Crippen LogP contribution < -0.4 is 5.73 Å². The quantitative estimate of drug-likeness (QED) is 0.436. The highest BCUT2D eigenvalue weighted by molar-refractivity contribution is 7.91. The van der Waals surface area contributed by atoms with Gasteiger partial charge in [0.25, 0.3) is 0 Å². The molecule has 2 aromatic rings. The van der Waals surface area contributed by atoms with Gasteiger partial charge in [-0.2, -0.15) is 13.2 Å². The second kappa shape index (κ2) is 9.09. The number of hydrogen-bond acceptors (Lipinski definition) is 4. The zero-order valence-electron chi connectivity index (χ0n) is 23.3. The van der Waals surface area contributed by atoms with Gasteiger partial charge in [0.1, 0.15) is 4.75 Å². The van der Waals surface area contributed by atoms with Crippen molar-refractivity contribution in [1.82, 2.24) is 4.90 Å². The van der Waals surface area contributed by atoms with Crippen LogP contribution in [0.1, 0.15) is 74.6 Å². The van der Waals surface area contributed by atoms with Gasteiger partial charge in [0.2, 0.25) is 0 Å². The molecule has 1 aliphatic heterocycles. The zero-order valence-corrected chi connectivity index (χ0v) is 24.1. The molecule has 4 aliphatic rings. The predicted octanol–water partition coefficient (Wildman–Crippen LogP) is 6.39. The third-order valence-electron chi connectivity index (χ3n) is 10.7. The van der Waals surface area contributed by atoms with Crippen LogP contribution >= 0.6 is 0 Å². The second-order valence-electron chi connectivity index (χ2n) is 13.4. The number of hydrogen-bond donors (Lipinski definition) is 1. The van der Waals surface area contributed by atoms with Gasteiger partial charge in [-0.25, -0.2) is 8.42 Å². The number of fused-ring (bicyclic) bond motifs is 3. The summed E-state index contributed by atoms with van der Waals surface area (Å²) in [5.74, 6) is 0.223. The van der Waals surface area contributed by atoms with Gasteiger partial charge in [-0.15, -0.1) is 0 Å². The second-order valence-corrected chi connectivity index (χ2v) is 15.6. The smallest absolute Gasteiger partial charge is 0.370 e. The zero-order chi connectivity index (χ0) is 28.7. The van der Waals surface area contributed by atoms with E-state index in [0.29, 0.717) is 48.7 Å². The van der Waals surface area contributed by atoms with E-state index in [9.17, 15) is 21.6 Å². The Morgan fingerprint density at radius 3 is 2.38 bits per heavy atom. The maximum Gasteiger partial charge on any atom is 0.397 e. The van der Waals surface area contributed by atoms with E-state index in [1.54, 1.807) is 12.1 Å². The maximum atomic E-state index is 14.5.